The lowest BCUT2D eigenvalue weighted by Gasteiger charge is -2.34. The molecular weight excluding hydrogens is 316 g/mol. The summed E-state index contributed by atoms with van der Waals surface area (Å²) in [6.45, 7) is 4.21. The van der Waals surface area contributed by atoms with Gasteiger partial charge < -0.3 is 10.2 Å². The molecule has 1 amide bonds. The quantitative estimate of drug-likeness (QED) is 0.888. The minimum absolute atomic E-state index is 0.0529. The molecule has 6 nitrogen and oxygen atoms in total. The standard InChI is InChI=1S/C19H30N4O2/c1-2-23-19(25)13-17(14-20-23)22-10-8-16(9-11-22)21-18(24)12-15-6-4-3-5-7-15/h13-16H,2-12H2,1H3,(H,21,24). The topological polar surface area (TPSA) is 67.2 Å². The number of amides is 1. The molecule has 1 saturated carbocycles. The zero-order valence-electron chi connectivity index (χ0n) is 15.2. The normalized spacial score (nSPS) is 19.8. The molecule has 1 aliphatic carbocycles. The van der Waals surface area contributed by atoms with Crippen molar-refractivity contribution in [2.24, 2.45) is 5.92 Å². The highest BCUT2D eigenvalue weighted by atomic mass is 16.1. The van der Waals surface area contributed by atoms with Crippen LogP contribution < -0.4 is 15.8 Å². The Kier molecular flexibility index (Phi) is 6.10. The zero-order chi connectivity index (χ0) is 17.6. The molecule has 0 aromatic carbocycles. The summed E-state index contributed by atoms with van der Waals surface area (Å²) in [5.74, 6) is 0.808. The molecule has 0 spiro atoms. The van der Waals surface area contributed by atoms with Crippen molar-refractivity contribution in [2.75, 3.05) is 18.0 Å². The molecule has 0 unspecified atom stereocenters. The van der Waals surface area contributed by atoms with Crippen molar-refractivity contribution in [2.45, 2.75) is 70.9 Å². The van der Waals surface area contributed by atoms with Crippen molar-refractivity contribution in [1.29, 1.82) is 0 Å². The molecular formula is C19H30N4O2. The maximum absolute atomic E-state index is 12.3. The van der Waals surface area contributed by atoms with Crippen molar-refractivity contribution in [3.63, 3.8) is 0 Å². The van der Waals surface area contributed by atoms with Crippen molar-refractivity contribution in [3.05, 3.63) is 22.6 Å². The van der Waals surface area contributed by atoms with Crippen molar-refractivity contribution in [1.82, 2.24) is 15.1 Å². The lowest BCUT2D eigenvalue weighted by atomic mass is 9.86. The Hall–Kier alpha value is -1.85. The summed E-state index contributed by atoms with van der Waals surface area (Å²) in [5, 5.41) is 7.42. The summed E-state index contributed by atoms with van der Waals surface area (Å²) in [4.78, 5) is 26.4. The smallest absolute Gasteiger partial charge is 0.268 e. The maximum Gasteiger partial charge on any atom is 0.268 e. The number of piperidine rings is 1. The fraction of sp³-hybridized carbons (Fsp3) is 0.737. The molecule has 1 aromatic heterocycles. The number of hydrogen-bond donors (Lipinski definition) is 1. The molecule has 0 radical (unpaired) electrons. The Morgan fingerprint density at radius 2 is 1.92 bits per heavy atom. The second-order valence-corrected chi connectivity index (χ2v) is 7.40. The van der Waals surface area contributed by atoms with Gasteiger partial charge in [-0.15, -0.1) is 0 Å². The van der Waals surface area contributed by atoms with E-state index in [-0.39, 0.29) is 17.5 Å². The number of nitrogens with one attached hydrogen (secondary N) is 1. The van der Waals surface area contributed by atoms with Gasteiger partial charge in [0.05, 0.1) is 11.9 Å². The van der Waals surface area contributed by atoms with Crippen LogP contribution >= 0.6 is 0 Å². The highest BCUT2D eigenvalue weighted by Gasteiger charge is 2.23. The minimum atomic E-state index is -0.0529. The Bertz CT molecular complexity index is 629. The number of carbonyl (C=O) groups is 1. The van der Waals surface area contributed by atoms with Crippen LogP contribution in [-0.2, 0) is 11.3 Å². The maximum atomic E-state index is 12.3. The van der Waals surface area contributed by atoms with Crippen molar-refractivity contribution >= 4 is 11.6 Å². The van der Waals surface area contributed by atoms with Gasteiger partial charge in [0.2, 0.25) is 5.91 Å². The van der Waals surface area contributed by atoms with Crippen LogP contribution in [-0.4, -0.2) is 34.8 Å². The molecule has 6 heteroatoms. The summed E-state index contributed by atoms with van der Waals surface area (Å²) in [6.07, 6.45) is 10.6. The van der Waals surface area contributed by atoms with Gasteiger partial charge in [-0.25, -0.2) is 4.68 Å². The van der Waals surface area contributed by atoms with E-state index in [4.69, 9.17) is 0 Å². The summed E-state index contributed by atoms with van der Waals surface area (Å²) in [5.41, 5.74) is 0.838. The highest BCUT2D eigenvalue weighted by Crippen LogP contribution is 2.26. The van der Waals surface area contributed by atoms with Crippen LogP contribution in [0.25, 0.3) is 0 Å². The van der Waals surface area contributed by atoms with E-state index in [1.165, 1.54) is 36.8 Å². The third-order valence-electron chi connectivity index (χ3n) is 5.58. The summed E-state index contributed by atoms with van der Waals surface area (Å²) in [7, 11) is 0. The largest absolute Gasteiger partial charge is 0.370 e. The molecule has 25 heavy (non-hydrogen) atoms. The third-order valence-corrected chi connectivity index (χ3v) is 5.58. The molecule has 1 N–H and O–H groups in total. The Balaban J connectivity index is 1.46. The van der Waals surface area contributed by atoms with Crippen LogP contribution in [0.3, 0.4) is 0 Å². The van der Waals surface area contributed by atoms with E-state index in [1.54, 1.807) is 12.3 Å². The minimum Gasteiger partial charge on any atom is -0.370 e. The van der Waals surface area contributed by atoms with E-state index in [0.717, 1.165) is 31.6 Å². The van der Waals surface area contributed by atoms with E-state index >= 15 is 0 Å². The molecule has 3 rings (SSSR count). The summed E-state index contributed by atoms with van der Waals surface area (Å²) in [6, 6.07) is 1.93. The molecule has 0 bridgehead atoms. The molecule has 2 fully saturated rings. The van der Waals surface area contributed by atoms with Gasteiger partial charge >= 0.3 is 0 Å². The number of aromatic nitrogens is 2. The zero-order valence-corrected chi connectivity index (χ0v) is 15.2. The average molecular weight is 346 g/mol. The van der Waals surface area contributed by atoms with Crippen LogP contribution in [0.15, 0.2) is 17.1 Å². The second kappa shape index (κ2) is 8.50. The van der Waals surface area contributed by atoms with Gasteiger partial charge in [-0.2, -0.15) is 5.10 Å². The van der Waals surface area contributed by atoms with E-state index in [2.05, 4.69) is 15.3 Å². The predicted octanol–water partition coefficient (Wildman–Crippen LogP) is 2.32. The van der Waals surface area contributed by atoms with Gasteiger partial charge in [0, 0.05) is 38.2 Å². The monoisotopic (exact) mass is 346 g/mol. The van der Waals surface area contributed by atoms with Crippen LogP contribution in [0.1, 0.15) is 58.3 Å². The Morgan fingerprint density at radius 3 is 2.56 bits per heavy atom. The fourth-order valence-corrected chi connectivity index (χ4v) is 4.06. The molecule has 1 aromatic rings. The number of nitrogens with zero attached hydrogens (tertiary/aromatic N) is 3. The van der Waals surface area contributed by atoms with E-state index < -0.39 is 0 Å². The number of rotatable bonds is 5. The van der Waals surface area contributed by atoms with E-state index in [1.807, 2.05) is 6.92 Å². The Labute approximate surface area is 149 Å². The number of anilines is 1. The predicted molar refractivity (Wildman–Crippen MR) is 98.7 cm³/mol. The summed E-state index contributed by atoms with van der Waals surface area (Å²) >= 11 is 0. The highest BCUT2D eigenvalue weighted by molar-refractivity contribution is 5.76. The number of hydrogen-bond acceptors (Lipinski definition) is 4. The fourth-order valence-electron chi connectivity index (χ4n) is 4.06. The van der Waals surface area contributed by atoms with Gasteiger partial charge in [-0.1, -0.05) is 19.3 Å². The molecule has 2 heterocycles. The van der Waals surface area contributed by atoms with Crippen LogP contribution in [0.2, 0.25) is 0 Å². The van der Waals surface area contributed by atoms with Crippen molar-refractivity contribution in [3.8, 4) is 0 Å². The lowest BCUT2D eigenvalue weighted by molar-refractivity contribution is -0.123. The average Bonchev–Trinajstić information content (AvgIpc) is 2.63. The lowest BCUT2D eigenvalue weighted by Crippen LogP contribution is -2.45. The van der Waals surface area contributed by atoms with Crippen LogP contribution in [0.4, 0.5) is 5.69 Å². The second-order valence-electron chi connectivity index (χ2n) is 7.40. The molecule has 0 atom stereocenters. The third kappa shape index (κ3) is 4.83. The molecule has 2 aliphatic rings. The number of carbonyl (C=O) groups excluding carboxylic acids is 1. The van der Waals surface area contributed by atoms with Gasteiger partial charge in [-0.05, 0) is 38.5 Å². The first kappa shape index (κ1) is 18.0. The summed E-state index contributed by atoms with van der Waals surface area (Å²) < 4.78 is 1.46. The van der Waals surface area contributed by atoms with Crippen molar-refractivity contribution < 1.29 is 4.79 Å². The van der Waals surface area contributed by atoms with E-state index in [9.17, 15) is 9.59 Å². The first-order valence-corrected chi connectivity index (χ1v) is 9.77. The van der Waals surface area contributed by atoms with Crippen LogP contribution in [0.5, 0.6) is 0 Å². The molecule has 138 valence electrons. The first-order valence-electron chi connectivity index (χ1n) is 9.77. The van der Waals surface area contributed by atoms with E-state index in [0.29, 0.717) is 18.9 Å². The molecule has 1 saturated heterocycles. The van der Waals surface area contributed by atoms with Gasteiger partial charge in [0.1, 0.15) is 0 Å². The van der Waals surface area contributed by atoms with Gasteiger partial charge in [0.25, 0.3) is 5.56 Å². The van der Waals surface area contributed by atoms with Gasteiger partial charge in [0.15, 0.2) is 0 Å². The number of aryl methyl sites for hydroxylation is 1. The molecule has 1 aliphatic heterocycles. The SMILES string of the molecule is CCn1ncc(N2CCC(NC(=O)CC3CCCCC3)CC2)cc1=O. The first-order chi connectivity index (χ1) is 12.2. The van der Waals surface area contributed by atoms with Gasteiger partial charge in [-0.3, -0.25) is 9.59 Å². The van der Waals surface area contributed by atoms with Crippen LogP contribution in [0, 0.1) is 5.92 Å². The Morgan fingerprint density at radius 1 is 1.20 bits per heavy atom.